The monoisotopic (exact) mass is 215 g/mol. The number of ether oxygens (including phenoxy) is 1. The normalized spacial score (nSPS) is 22.6. The fourth-order valence-corrected chi connectivity index (χ4v) is 1.98. The molecule has 0 aromatic carbocycles. The van der Waals surface area contributed by atoms with E-state index in [-0.39, 0.29) is 6.10 Å². The van der Waals surface area contributed by atoms with E-state index in [1.54, 1.807) is 7.11 Å². The second-order valence-electron chi connectivity index (χ2n) is 4.38. The third-order valence-corrected chi connectivity index (χ3v) is 3.18. The van der Waals surface area contributed by atoms with Crippen molar-refractivity contribution in [2.24, 2.45) is 5.73 Å². The van der Waals surface area contributed by atoms with Crippen molar-refractivity contribution in [3.05, 3.63) is 0 Å². The molecule has 4 nitrogen and oxygen atoms in total. The fourth-order valence-electron chi connectivity index (χ4n) is 1.98. The molecule has 2 N–H and O–H groups in total. The van der Waals surface area contributed by atoms with Gasteiger partial charge in [-0.1, -0.05) is 0 Å². The van der Waals surface area contributed by atoms with Crippen LogP contribution in [0.4, 0.5) is 0 Å². The SMILES string of the molecule is COC(CN)CCN1CCCN(C)CC1. The molecule has 0 aliphatic carbocycles. The van der Waals surface area contributed by atoms with Gasteiger partial charge >= 0.3 is 0 Å². The largest absolute Gasteiger partial charge is 0.380 e. The van der Waals surface area contributed by atoms with Crippen molar-refractivity contribution in [3.8, 4) is 0 Å². The minimum absolute atomic E-state index is 0.228. The second-order valence-corrected chi connectivity index (χ2v) is 4.38. The minimum atomic E-state index is 0.228. The number of hydrogen-bond acceptors (Lipinski definition) is 4. The molecule has 0 aromatic heterocycles. The first-order valence-corrected chi connectivity index (χ1v) is 5.90. The van der Waals surface area contributed by atoms with Crippen molar-refractivity contribution >= 4 is 0 Å². The van der Waals surface area contributed by atoms with Crippen LogP contribution in [-0.2, 0) is 4.74 Å². The first-order valence-electron chi connectivity index (χ1n) is 5.90. The van der Waals surface area contributed by atoms with Gasteiger partial charge in [-0.15, -0.1) is 0 Å². The van der Waals surface area contributed by atoms with Gasteiger partial charge in [0.15, 0.2) is 0 Å². The standard InChI is InChI=1S/C11H25N3O/c1-13-5-3-6-14(9-8-13)7-4-11(10-12)15-2/h11H,3-10,12H2,1-2H3. The summed E-state index contributed by atoms with van der Waals surface area (Å²) in [6, 6.07) is 0. The summed E-state index contributed by atoms with van der Waals surface area (Å²) < 4.78 is 5.28. The smallest absolute Gasteiger partial charge is 0.0705 e. The molecule has 4 heteroatoms. The van der Waals surface area contributed by atoms with E-state index in [4.69, 9.17) is 10.5 Å². The molecule has 1 unspecified atom stereocenters. The van der Waals surface area contributed by atoms with Gasteiger partial charge in [-0.2, -0.15) is 0 Å². The third kappa shape index (κ3) is 4.93. The molecule has 0 spiro atoms. The molecule has 0 aromatic rings. The predicted molar refractivity (Wildman–Crippen MR) is 63.0 cm³/mol. The molecule has 1 aliphatic rings. The van der Waals surface area contributed by atoms with E-state index < -0.39 is 0 Å². The van der Waals surface area contributed by atoms with Gasteiger partial charge in [0.05, 0.1) is 6.10 Å². The van der Waals surface area contributed by atoms with Gasteiger partial charge in [-0.25, -0.2) is 0 Å². The van der Waals surface area contributed by atoms with Crippen LogP contribution in [0.15, 0.2) is 0 Å². The molecular formula is C11H25N3O. The van der Waals surface area contributed by atoms with Gasteiger partial charge in [0.2, 0.25) is 0 Å². The summed E-state index contributed by atoms with van der Waals surface area (Å²) in [5.74, 6) is 0. The topological polar surface area (TPSA) is 41.7 Å². The Morgan fingerprint density at radius 3 is 2.73 bits per heavy atom. The van der Waals surface area contributed by atoms with Crippen molar-refractivity contribution in [1.82, 2.24) is 9.80 Å². The molecule has 1 rings (SSSR count). The third-order valence-electron chi connectivity index (χ3n) is 3.18. The van der Waals surface area contributed by atoms with Crippen LogP contribution in [0.25, 0.3) is 0 Å². The average molecular weight is 215 g/mol. The Morgan fingerprint density at radius 2 is 2.07 bits per heavy atom. The highest BCUT2D eigenvalue weighted by Gasteiger charge is 2.13. The van der Waals surface area contributed by atoms with Gasteiger partial charge in [0.1, 0.15) is 0 Å². The van der Waals surface area contributed by atoms with E-state index in [2.05, 4.69) is 16.8 Å². The van der Waals surface area contributed by atoms with Crippen LogP contribution in [0.3, 0.4) is 0 Å². The van der Waals surface area contributed by atoms with Crippen LogP contribution in [0.5, 0.6) is 0 Å². The number of likely N-dealkylation sites (N-methyl/N-ethyl adjacent to an activating group) is 1. The van der Waals surface area contributed by atoms with Crippen LogP contribution < -0.4 is 5.73 Å². The summed E-state index contributed by atoms with van der Waals surface area (Å²) in [5, 5.41) is 0. The Hall–Kier alpha value is -0.160. The van der Waals surface area contributed by atoms with Crippen LogP contribution in [-0.4, -0.2) is 69.3 Å². The number of hydrogen-bond donors (Lipinski definition) is 1. The highest BCUT2D eigenvalue weighted by atomic mass is 16.5. The van der Waals surface area contributed by atoms with Gasteiger partial charge in [-0.05, 0) is 33.0 Å². The lowest BCUT2D eigenvalue weighted by Crippen LogP contribution is -2.33. The molecule has 1 atom stereocenters. The zero-order valence-electron chi connectivity index (χ0n) is 10.1. The molecule has 0 amide bonds. The van der Waals surface area contributed by atoms with Crippen molar-refractivity contribution in [3.63, 3.8) is 0 Å². The van der Waals surface area contributed by atoms with Crippen LogP contribution in [0.1, 0.15) is 12.8 Å². The van der Waals surface area contributed by atoms with Crippen LogP contribution >= 0.6 is 0 Å². The molecule has 1 fully saturated rings. The summed E-state index contributed by atoms with van der Waals surface area (Å²) in [7, 11) is 3.94. The molecule has 1 heterocycles. The lowest BCUT2D eigenvalue weighted by atomic mass is 10.2. The molecule has 15 heavy (non-hydrogen) atoms. The van der Waals surface area contributed by atoms with Crippen molar-refractivity contribution in [2.75, 3.05) is 53.4 Å². The number of methoxy groups -OCH3 is 1. The number of nitrogens with zero attached hydrogens (tertiary/aromatic N) is 2. The maximum Gasteiger partial charge on any atom is 0.0705 e. The van der Waals surface area contributed by atoms with E-state index in [0.29, 0.717) is 6.54 Å². The first kappa shape index (κ1) is 12.9. The highest BCUT2D eigenvalue weighted by molar-refractivity contribution is 4.69. The summed E-state index contributed by atoms with van der Waals surface area (Å²) in [5.41, 5.74) is 5.60. The molecule has 0 bridgehead atoms. The Morgan fingerprint density at radius 1 is 1.27 bits per heavy atom. The number of rotatable bonds is 5. The van der Waals surface area contributed by atoms with Crippen molar-refractivity contribution in [2.45, 2.75) is 18.9 Å². The Bertz CT molecular complexity index is 162. The quantitative estimate of drug-likeness (QED) is 0.700. The summed E-state index contributed by atoms with van der Waals surface area (Å²) >= 11 is 0. The molecule has 1 saturated heterocycles. The predicted octanol–water partition coefficient (Wildman–Crippen LogP) is -0.0123. The molecule has 1 aliphatic heterocycles. The molecular weight excluding hydrogens is 190 g/mol. The first-order chi connectivity index (χ1) is 7.26. The highest BCUT2D eigenvalue weighted by Crippen LogP contribution is 2.04. The second kappa shape index (κ2) is 7.17. The Labute approximate surface area is 93.4 Å². The van der Waals surface area contributed by atoms with E-state index in [1.807, 2.05) is 0 Å². The van der Waals surface area contributed by atoms with Gasteiger partial charge < -0.3 is 20.3 Å². The minimum Gasteiger partial charge on any atom is -0.380 e. The summed E-state index contributed by atoms with van der Waals surface area (Å²) in [6.07, 6.45) is 2.55. The zero-order chi connectivity index (χ0) is 11.1. The van der Waals surface area contributed by atoms with Gasteiger partial charge in [0, 0.05) is 33.3 Å². The van der Waals surface area contributed by atoms with E-state index in [1.165, 1.54) is 32.6 Å². The lowest BCUT2D eigenvalue weighted by molar-refractivity contribution is 0.0899. The molecule has 0 saturated carbocycles. The maximum absolute atomic E-state index is 5.60. The average Bonchev–Trinajstić information content (AvgIpc) is 2.45. The fraction of sp³-hybridized carbons (Fsp3) is 1.00. The number of nitrogens with two attached hydrogens (primary N) is 1. The zero-order valence-corrected chi connectivity index (χ0v) is 10.1. The maximum atomic E-state index is 5.60. The van der Waals surface area contributed by atoms with E-state index in [0.717, 1.165) is 13.0 Å². The summed E-state index contributed by atoms with van der Waals surface area (Å²) in [6.45, 7) is 6.54. The van der Waals surface area contributed by atoms with Crippen LogP contribution in [0, 0.1) is 0 Å². The van der Waals surface area contributed by atoms with Gasteiger partial charge in [-0.3, -0.25) is 0 Å². The van der Waals surface area contributed by atoms with Crippen molar-refractivity contribution in [1.29, 1.82) is 0 Å². The Balaban J connectivity index is 2.19. The summed E-state index contributed by atoms with van der Waals surface area (Å²) in [4.78, 5) is 4.92. The van der Waals surface area contributed by atoms with Crippen molar-refractivity contribution < 1.29 is 4.74 Å². The van der Waals surface area contributed by atoms with Crippen LogP contribution in [0.2, 0.25) is 0 Å². The lowest BCUT2D eigenvalue weighted by Gasteiger charge is -2.22. The van der Waals surface area contributed by atoms with E-state index in [9.17, 15) is 0 Å². The molecule has 0 radical (unpaired) electrons. The van der Waals surface area contributed by atoms with Gasteiger partial charge in [0.25, 0.3) is 0 Å². The Kier molecular flexibility index (Phi) is 6.17. The van der Waals surface area contributed by atoms with E-state index >= 15 is 0 Å². The molecule has 90 valence electrons.